The lowest BCUT2D eigenvalue weighted by Gasteiger charge is -2.19. The van der Waals surface area contributed by atoms with Crippen molar-refractivity contribution in [3.8, 4) is 0 Å². The van der Waals surface area contributed by atoms with Crippen molar-refractivity contribution in [3.05, 3.63) is 66.2 Å². The molecule has 2 heterocycles. The maximum absolute atomic E-state index is 4.30. The zero-order valence-corrected chi connectivity index (χ0v) is 14.2. The average Bonchev–Trinajstić information content (AvgIpc) is 3.21. The third kappa shape index (κ3) is 3.83. The van der Waals surface area contributed by atoms with Crippen LogP contribution in [0.3, 0.4) is 0 Å². The fourth-order valence-corrected chi connectivity index (χ4v) is 2.82. The van der Waals surface area contributed by atoms with Gasteiger partial charge in [-0.3, -0.25) is 9.36 Å². The summed E-state index contributed by atoms with van der Waals surface area (Å²) < 4.78 is 3.82. The van der Waals surface area contributed by atoms with E-state index in [0.717, 1.165) is 36.6 Å². The van der Waals surface area contributed by atoms with Crippen LogP contribution in [0.1, 0.15) is 23.9 Å². The smallest absolute Gasteiger partial charge is 0.0918 e. The molecule has 2 N–H and O–H groups in total. The van der Waals surface area contributed by atoms with Gasteiger partial charge in [0.05, 0.1) is 17.4 Å². The number of anilines is 1. The molecule has 3 aromatic rings. The van der Waals surface area contributed by atoms with Crippen LogP contribution >= 0.6 is 0 Å². The number of aryl methyl sites for hydroxylation is 2. The summed E-state index contributed by atoms with van der Waals surface area (Å²) in [4.78, 5) is 0. The van der Waals surface area contributed by atoms with Gasteiger partial charge in [0, 0.05) is 38.7 Å². The summed E-state index contributed by atoms with van der Waals surface area (Å²) >= 11 is 0. The standard InChI is InChI=1S/C18H24N6/c1-23-16(9-13-21-23)18(17-10-14-22-24(17)2)20-12-6-11-19-15-7-4-3-5-8-15/h3-5,7-10,13-14,18-20H,6,11-12H2,1-2H3. The topological polar surface area (TPSA) is 59.7 Å². The van der Waals surface area contributed by atoms with Crippen LogP contribution in [0.15, 0.2) is 54.9 Å². The summed E-state index contributed by atoms with van der Waals surface area (Å²) in [6.45, 7) is 1.83. The van der Waals surface area contributed by atoms with Gasteiger partial charge in [-0.25, -0.2) is 0 Å². The second-order valence-electron chi connectivity index (χ2n) is 5.79. The third-order valence-corrected chi connectivity index (χ3v) is 4.11. The van der Waals surface area contributed by atoms with Gasteiger partial charge in [0.25, 0.3) is 0 Å². The molecule has 0 radical (unpaired) electrons. The van der Waals surface area contributed by atoms with Gasteiger partial charge < -0.3 is 10.6 Å². The largest absolute Gasteiger partial charge is 0.385 e. The Morgan fingerprint density at radius 1 is 0.875 bits per heavy atom. The summed E-state index contributed by atoms with van der Waals surface area (Å²) in [6.07, 6.45) is 4.69. The molecular formula is C18H24N6. The molecule has 6 heteroatoms. The first-order valence-electron chi connectivity index (χ1n) is 8.24. The fourth-order valence-electron chi connectivity index (χ4n) is 2.82. The number of hydrogen-bond donors (Lipinski definition) is 2. The molecule has 6 nitrogen and oxygen atoms in total. The Kier molecular flexibility index (Phi) is 5.28. The van der Waals surface area contributed by atoms with Crippen molar-refractivity contribution in [3.63, 3.8) is 0 Å². The lowest BCUT2D eigenvalue weighted by atomic mass is 10.1. The highest BCUT2D eigenvalue weighted by molar-refractivity contribution is 5.42. The van der Waals surface area contributed by atoms with Crippen LogP contribution in [0.5, 0.6) is 0 Å². The van der Waals surface area contributed by atoms with Gasteiger partial charge in [0.15, 0.2) is 0 Å². The Balaban J connectivity index is 1.57. The van der Waals surface area contributed by atoms with Gasteiger partial charge in [0.2, 0.25) is 0 Å². The van der Waals surface area contributed by atoms with E-state index in [2.05, 4.69) is 33.0 Å². The van der Waals surface area contributed by atoms with Crippen LogP contribution < -0.4 is 10.6 Å². The van der Waals surface area contributed by atoms with Crippen LogP contribution in [0.2, 0.25) is 0 Å². The second-order valence-corrected chi connectivity index (χ2v) is 5.79. The number of hydrogen-bond acceptors (Lipinski definition) is 4. The van der Waals surface area contributed by atoms with Crippen LogP contribution in [0, 0.1) is 0 Å². The van der Waals surface area contributed by atoms with Gasteiger partial charge >= 0.3 is 0 Å². The Morgan fingerprint density at radius 3 is 2.04 bits per heavy atom. The maximum atomic E-state index is 4.30. The van der Waals surface area contributed by atoms with Crippen molar-refractivity contribution in [2.45, 2.75) is 12.5 Å². The third-order valence-electron chi connectivity index (χ3n) is 4.11. The van der Waals surface area contributed by atoms with Crippen molar-refractivity contribution in [2.75, 3.05) is 18.4 Å². The minimum Gasteiger partial charge on any atom is -0.385 e. The molecule has 0 fully saturated rings. The van der Waals surface area contributed by atoms with Gasteiger partial charge in [-0.2, -0.15) is 10.2 Å². The van der Waals surface area contributed by atoms with E-state index in [1.54, 1.807) is 0 Å². The minimum absolute atomic E-state index is 0.0849. The second kappa shape index (κ2) is 7.79. The Morgan fingerprint density at radius 2 is 1.50 bits per heavy atom. The first-order valence-corrected chi connectivity index (χ1v) is 8.24. The predicted molar refractivity (Wildman–Crippen MR) is 95.8 cm³/mol. The average molecular weight is 324 g/mol. The number of aromatic nitrogens is 4. The Hall–Kier alpha value is -2.60. The monoisotopic (exact) mass is 324 g/mol. The normalized spacial score (nSPS) is 11.1. The predicted octanol–water partition coefficient (Wildman–Crippen LogP) is 2.33. The molecule has 0 unspecified atom stereocenters. The molecule has 0 atom stereocenters. The van der Waals surface area contributed by atoms with Crippen LogP contribution in [-0.4, -0.2) is 32.7 Å². The zero-order valence-electron chi connectivity index (χ0n) is 14.2. The fraction of sp³-hybridized carbons (Fsp3) is 0.333. The van der Waals surface area contributed by atoms with Gasteiger partial charge in [-0.05, 0) is 37.2 Å². The van der Waals surface area contributed by atoms with Gasteiger partial charge in [-0.1, -0.05) is 18.2 Å². The molecule has 0 aliphatic heterocycles. The number of benzene rings is 1. The molecule has 3 rings (SSSR count). The Labute approximate surface area is 142 Å². The van der Waals surface area contributed by atoms with Gasteiger partial charge in [0.1, 0.15) is 0 Å². The van der Waals surface area contributed by atoms with Crippen molar-refractivity contribution in [1.82, 2.24) is 24.9 Å². The lowest BCUT2D eigenvalue weighted by molar-refractivity contribution is 0.517. The van der Waals surface area contributed by atoms with E-state index in [1.165, 1.54) is 0 Å². The molecule has 0 saturated carbocycles. The molecule has 2 aromatic heterocycles. The number of rotatable bonds is 8. The highest BCUT2D eigenvalue weighted by Crippen LogP contribution is 2.20. The SMILES string of the molecule is Cn1nccc1C(NCCCNc1ccccc1)c1ccnn1C. The van der Waals surface area contributed by atoms with Crippen molar-refractivity contribution in [1.29, 1.82) is 0 Å². The number of nitrogens with zero attached hydrogens (tertiary/aromatic N) is 4. The van der Waals surface area contributed by atoms with E-state index < -0.39 is 0 Å². The van der Waals surface area contributed by atoms with E-state index >= 15 is 0 Å². The Bertz CT molecular complexity index is 705. The van der Waals surface area contributed by atoms with Crippen LogP contribution in [-0.2, 0) is 14.1 Å². The van der Waals surface area contributed by atoms with Crippen molar-refractivity contribution >= 4 is 5.69 Å². The van der Waals surface area contributed by atoms with E-state index in [4.69, 9.17) is 0 Å². The number of nitrogens with one attached hydrogen (secondary N) is 2. The summed E-state index contributed by atoms with van der Waals surface area (Å²) in [5.74, 6) is 0. The highest BCUT2D eigenvalue weighted by atomic mass is 15.3. The van der Waals surface area contributed by atoms with Crippen LogP contribution in [0.25, 0.3) is 0 Å². The molecule has 0 spiro atoms. The summed E-state index contributed by atoms with van der Waals surface area (Å²) in [7, 11) is 3.94. The summed E-state index contributed by atoms with van der Waals surface area (Å²) in [5, 5.41) is 15.7. The first-order chi connectivity index (χ1) is 11.8. The van der Waals surface area contributed by atoms with E-state index in [9.17, 15) is 0 Å². The number of para-hydroxylation sites is 1. The molecular weight excluding hydrogens is 300 g/mol. The van der Waals surface area contributed by atoms with Crippen molar-refractivity contribution < 1.29 is 0 Å². The zero-order chi connectivity index (χ0) is 16.8. The highest BCUT2D eigenvalue weighted by Gasteiger charge is 2.19. The van der Waals surface area contributed by atoms with E-state index in [-0.39, 0.29) is 6.04 Å². The minimum atomic E-state index is 0.0849. The summed E-state index contributed by atoms with van der Waals surface area (Å²) in [6, 6.07) is 14.5. The van der Waals surface area contributed by atoms with Gasteiger partial charge in [-0.15, -0.1) is 0 Å². The quantitative estimate of drug-likeness (QED) is 0.624. The molecule has 0 aliphatic carbocycles. The first kappa shape index (κ1) is 16.3. The summed E-state index contributed by atoms with van der Waals surface area (Å²) in [5.41, 5.74) is 3.43. The molecule has 0 saturated heterocycles. The lowest BCUT2D eigenvalue weighted by Crippen LogP contribution is -2.28. The molecule has 0 bridgehead atoms. The van der Waals surface area contributed by atoms with E-state index in [1.807, 2.05) is 66.2 Å². The van der Waals surface area contributed by atoms with E-state index in [0.29, 0.717) is 0 Å². The molecule has 24 heavy (non-hydrogen) atoms. The molecule has 0 amide bonds. The van der Waals surface area contributed by atoms with Crippen molar-refractivity contribution in [2.24, 2.45) is 14.1 Å². The molecule has 0 aliphatic rings. The molecule has 1 aromatic carbocycles. The van der Waals surface area contributed by atoms with Crippen LogP contribution in [0.4, 0.5) is 5.69 Å². The maximum Gasteiger partial charge on any atom is 0.0918 e. The molecule has 126 valence electrons.